The van der Waals surface area contributed by atoms with Crippen molar-refractivity contribution in [2.45, 2.75) is 12.7 Å². The number of thiophene rings is 1. The van der Waals surface area contributed by atoms with Crippen molar-refractivity contribution in [1.29, 1.82) is 0 Å². The Bertz CT molecular complexity index is 764. The number of benzene rings is 1. The Hall–Kier alpha value is -2.45. The number of carbonyl (C=O) groups excluding carboxylic acids is 1. The minimum absolute atomic E-state index is 0.0446. The van der Waals surface area contributed by atoms with Crippen molar-refractivity contribution >= 4 is 23.3 Å². The summed E-state index contributed by atoms with van der Waals surface area (Å²) in [5, 5.41) is 6.85. The highest BCUT2D eigenvalue weighted by Crippen LogP contribution is 2.33. The number of hydrogen-bond acceptors (Lipinski definition) is 5. The maximum atomic E-state index is 12.7. The minimum Gasteiger partial charge on any atom is -0.493 e. The van der Waals surface area contributed by atoms with Crippen molar-refractivity contribution in [3.05, 3.63) is 52.2 Å². The molecule has 0 fully saturated rings. The van der Waals surface area contributed by atoms with Gasteiger partial charge in [0.25, 0.3) is 0 Å². The number of halogens is 2. The molecule has 0 bridgehead atoms. The van der Waals surface area contributed by atoms with Gasteiger partial charge in [-0.25, -0.2) is 0 Å². The number of para-hydroxylation sites is 1. The molecule has 1 heterocycles. The third-order valence-corrected chi connectivity index (χ3v) is 4.57. The van der Waals surface area contributed by atoms with Crippen LogP contribution in [0.3, 0.4) is 0 Å². The van der Waals surface area contributed by atoms with Crippen LogP contribution in [0.2, 0.25) is 0 Å². The Kier molecular flexibility index (Phi) is 7.75. The molecule has 8 heteroatoms. The lowest BCUT2D eigenvalue weighted by Gasteiger charge is -2.23. The molecule has 146 valence electrons. The number of ether oxygens (including phenoxy) is 2. The molecule has 0 aliphatic heterocycles. The smallest absolute Gasteiger partial charge is 0.387 e. The first kappa shape index (κ1) is 20.9. The second kappa shape index (κ2) is 10.0. The fourth-order valence-corrected chi connectivity index (χ4v) is 3.23. The van der Waals surface area contributed by atoms with Crippen LogP contribution in [-0.4, -0.2) is 45.2 Å². The van der Waals surface area contributed by atoms with Crippen LogP contribution >= 0.6 is 11.3 Å². The van der Waals surface area contributed by atoms with E-state index < -0.39 is 6.61 Å². The monoisotopic (exact) mass is 396 g/mol. The van der Waals surface area contributed by atoms with E-state index in [0.29, 0.717) is 12.1 Å². The number of nitrogens with one attached hydrogen (secondary N) is 1. The summed E-state index contributed by atoms with van der Waals surface area (Å²) in [4.78, 5) is 14.2. The molecule has 0 saturated carbocycles. The average Bonchev–Trinajstić information content (AvgIpc) is 3.14. The van der Waals surface area contributed by atoms with E-state index in [4.69, 9.17) is 4.74 Å². The molecule has 1 aromatic carbocycles. The summed E-state index contributed by atoms with van der Waals surface area (Å²) in [6.07, 6.45) is 2.71. The number of amides is 1. The summed E-state index contributed by atoms with van der Waals surface area (Å²) in [7, 11) is 5.24. The van der Waals surface area contributed by atoms with Crippen LogP contribution in [0.25, 0.3) is 6.08 Å². The SMILES string of the molecule is COc1cccc(C=CC(=O)NCC(c2ccsc2)N(C)C)c1OC(F)F. The zero-order valence-electron chi connectivity index (χ0n) is 15.3. The fourth-order valence-electron chi connectivity index (χ4n) is 2.52. The molecule has 1 N–H and O–H groups in total. The highest BCUT2D eigenvalue weighted by Gasteiger charge is 2.16. The number of methoxy groups -OCH3 is 1. The number of hydrogen-bond donors (Lipinski definition) is 1. The molecule has 0 radical (unpaired) electrons. The van der Waals surface area contributed by atoms with Gasteiger partial charge < -0.3 is 19.7 Å². The molecule has 2 rings (SSSR count). The van der Waals surface area contributed by atoms with Gasteiger partial charge in [0.2, 0.25) is 5.91 Å². The molecular formula is C19H22F2N2O3S. The number of alkyl halides is 2. The lowest BCUT2D eigenvalue weighted by atomic mass is 10.1. The Labute approximate surface area is 161 Å². The molecule has 0 saturated heterocycles. The second-order valence-electron chi connectivity index (χ2n) is 5.87. The van der Waals surface area contributed by atoms with Gasteiger partial charge in [-0.05, 0) is 48.6 Å². The van der Waals surface area contributed by atoms with E-state index >= 15 is 0 Å². The standard InChI is InChI=1S/C19H22F2N2O3S/c1-23(2)15(14-9-10-27-12-14)11-22-17(24)8-7-13-5-4-6-16(25-3)18(13)26-19(20)21/h4-10,12,15,19H,11H2,1-3H3,(H,22,24). The Morgan fingerprint density at radius 3 is 2.70 bits per heavy atom. The van der Waals surface area contributed by atoms with Gasteiger partial charge in [0, 0.05) is 18.2 Å². The lowest BCUT2D eigenvalue weighted by molar-refractivity contribution is -0.116. The zero-order valence-corrected chi connectivity index (χ0v) is 16.1. The van der Waals surface area contributed by atoms with Gasteiger partial charge >= 0.3 is 6.61 Å². The maximum Gasteiger partial charge on any atom is 0.387 e. The molecule has 0 aliphatic carbocycles. The van der Waals surface area contributed by atoms with Gasteiger partial charge in [0.05, 0.1) is 13.2 Å². The Balaban J connectivity index is 2.06. The highest BCUT2D eigenvalue weighted by molar-refractivity contribution is 7.07. The molecule has 2 aromatic rings. The predicted molar refractivity (Wildman–Crippen MR) is 102 cm³/mol. The van der Waals surface area contributed by atoms with Gasteiger partial charge in [-0.1, -0.05) is 12.1 Å². The fraction of sp³-hybridized carbons (Fsp3) is 0.316. The van der Waals surface area contributed by atoms with Crippen LogP contribution in [0.5, 0.6) is 11.5 Å². The van der Waals surface area contributed by atoms with Crippen LogP contribution in [0.1, 0.15) is 17.2 Å². The van der Waals surface area contributed by atoms with Crippen molar-refractivity contribution < 1.29 is 23.0 Å². The molecule has 1 unspecified atom stereocenters. The van der Waals surface area contributed by atoms with Gasteiger partial charge in [0.1, 0.15) is 0 Å². The molecule has 0 spiro atoms. The third kappa shape index (κ3) is 6.04. The van der Waals surface area contributed by atoms with Crippen LogP contribution in [0.15, 0.2) is 41.1 Å². The average molecular weight is 396 g/mol. The number of likely N-dealkylation sites (N-methyl/N-ethyl adjacent to an activating group) is 1. The first-order valence-corrected chi connectivity index (χ1v) is 9.13. The van der Waals surface area contributed by atoms with Crippen molar-refractivity contribution in [1.82, 2.24) is 10.2 Å². The zero-order chi connectivity index (χ0) is 19.8. The number of nitrogens with zero attached hydrogens (tertiary/aromatic N) is 1. The molecule has 1 aromatic heterocycles. The molecular weight excluding hydrogens is 374 g/mol. The second-order valence-corrected chi connectivity index (χ2v) is 6.65. The van der Waals surface area contributed by atoms with Crippen LogP contribution in [0.4, 0.5) is 8.78 Å². The first-order chi connectivity index (χ1) is 12.9. The van der Waals surface area contributed by atoms with Gasteiger partial charge in [0.15, 0.2) is 11.5 Å². The van der Waals surface area contributed by atoms with E-state index in [1.165, 1.54) is 25.3 Å². The highest BCUT2D eigenvalue weighted by atomic mass is 32.1. The van der Waals surface area contributed by atoms with Crippen LogP contribution < -0.4 is 14.8 Å². The first-order valence-electron chi connectivity index (χ1n) is 8.18. The van der Waals surface area contributed by atoms with Crippen LogP contribution in [0, 0.1) is 0 Å². The Morgan fingerprint density at radius 1 is 1.33 bits per heavy atom. The van der Waals surface area contributed by atoms with Crippen molar-refractivity contribution in [2.24, 2.45) is 0 Å². The van der Waals surface area contributed by atoms with Gasteiger partial charge in [-0.2, -0.15) is 20.1 Å². The minimum atomic E-state index is -2.99. The van der Waals surface area contributed by atoms with E-state index in [2.05, 4.69) is 10.1 Å². The van der Waals surface area contributed by atoms with E-state index in [-0.39, 0.29) is 23.4 Å². The third-order valence-electron chi connectivity index (χ3n) is 3.87. The summed E-state index contributed by atoms with van der Waals surface area (Å²) in [6.45, 7) is -2.57. The Morgan fingerprint density at radius 2 is 2.11 bits per heavy atom. The summed E-state index contributed by atoms with van der Waals surface area (Å²) in [6, 6.07) is 6.77. The molecule has 1 atom stereocenters. The molecule has 1 amide bonds. The topological polar surface area (TPSA) is 50.8 Å². The van der Waals surface area contributed by atoms with Crippen molar-refractivity contribution in [3.8, 4) is 11.5 Å². The van der Waals surface area contributed by atoms with Crippen LogP contribution in [-0.2, 0) is 4.79 Å². The van der Waals surface area contributed by atoms with E-state index in [1.807, 2.05) is 35.8 Å². The van der Waals surface area contributed by atoms with Crippen molar-refractivity contribution in [3.63, 3.8) is 0 Å². The number of rotatable bonds is 9. The molecule has 0 aliphatic rings. The predicted octanol–water partition coefficient (Wildman–Crippen LogP) is 3.79. The van der Waals surface area contributed by atoms with E-state index in [9.17, 15) is 13.6 Å². The summed E-state index contributed by atoms with van der Waals surface area (Å²) < 4.78 is 34.9. The van der Waals surface area contributed by atoms with E-state index in [1.54, 1.807) is 23.5 Å². The number of carbonyl (C=O) groups is 1. The largest absolute Gasteiger partial charge is 0.493 e. The van der Waals surface area contributed by atoms with E-state index in [0.717, 1.165) is 5.56 Å². The summed E-state index contributed by atoms with van der Waals surface area (Å²) in [5.41, 5.74) is 1.45. The lowest BCUT2D eigenvalue weighted by Crippen LogP contribution is -2.33. The summed E-state index contributed by atoms with van der Waals surface area (Å²) in [5.74, 6) is -0.269. The van der Waals surface area contributed by atoms with Crippen molar-refractivity contribution in [2.75, 3.05) is 27.7 Å². The molecule has 27 heavy (non-hydrogen) atoms. The summed E-state index contributed by atoms with van der Waals surface area (Å²) >= 11 is 1.60. The van der Waals surface area contributed by atoms with Gasteiger partial charge in [-0.3, -0.25) is 4.79 Å². The quantitative estimate of drug-likeness (QED) is 0.656. The maximum absolute atomic E-state index is 12.7. The van der Waals surface area contributed by atoms with Gasteiger partial charge in [-0.15, -0.1) is 0 Å². The normalized spacial score (nSPS) is 12.6. The molecule has 5 nitrogen and oxygen atoms in total.